The zero-order chi connectivity index (χ0) is 11.8. The third kappa shape index (κ3) is 3.14. The van der Waals surface area contributed by atoms with Crippen LogP contribution >= 0.6 is 11.8 Å². The zero-order valence-electron chi connectivity index (χ0n) is 10.3. The van der Waals surface area contributed by atoms with Crippen LogP contribution in [0, 0.1) is 10.8 Å². The molecule has 1 saturated heterocycles. The molecule has 2 fully saturated rings. The molecule has 0 aromatic rings. The van der Waals surface area contributed by atoms with E-state index in [0.717, 1.165) is 23.5 Å². The summed E-state index contributed by atoms with van der Waals surface area (Å²) >= 11 is 2.10. The molecule has 16 heavy (non-hydrogen) atoms. The first-order valence-electron chi connectivity index (χ1n) is 6.20. The SMILES string of the molecule is CC1CN(CC2(CC(=N)N)CC2)CC(C)S1. The van der Waals surface area contributed by atoms with Crippen molar-refractivity contribution in [3.05, 3.63) is 0 Å². The van der Waals surface area contributed by atoms with Crippen molar-refractivity contribution in [1.82, 2.24) is 4.90 Å². The van der Waals surface area contributed by atoms with Gasteiger partial charge in [0.1, 0.15) is 0 Å². The van der Waals surface area contributed by atoms with Gasteiger partial charge in [-0.3, -0.25) is 5.41 Å². The molecule has 2 rings (SSSR count). The van der Waals surface area contributed by atoms with E-state index < -0.39 is 0 Å². The maximum Gasteiger partial charge on any atom is 0.0911 e. The van der Waals surface area contributed by atoms with Crippen LogP contribution in [0.5, 0.6) is 0 Å². The van der Waals surface area contributed by atoms with Crippen LogP contribution in [-0.2, 0) is 0 Å². The van der Waals surface area contributed by atoms with Crippen molar-refractivity contribution in [2.45, 2.75) is 43.6 Å². The Labute approximate surface area is 103 Å². The van der Waals surface area contributed by atoms with E-state index in [1.807, 2.05) is 0 Å². The maximum absolute atomic E-state index is 7.44. The molecule has 0 spiro atoms. The molecule has 1 heterocycles. The van der Waals surface area contributed by atoms with E-state index >= 15 is 0 Å². The average Bonchev–Trinajstić information content (AvgIpc) is 2.80. The van der Waals surface area contributed by atoms with Gasteiger partial charge in [0.2, 0.25) is 0 Å². The quantitative estimate of drug-likeness (QED) is 0.584. The number of hydrogen-bond acceptors (Lipinski definition) is 3. The summed E-state index contributed by atoms with van der Waals surface area (Å²) in [5, 5.41) is 8.94. The minimum absolute atomic E-state index is 0.366. The Morgan fingerprint density at radius 3 is 2.38 bits per heavy atom. The second-order valence-electron chi connectivity index (χ2n) is 5.65. The van der Waals surface area contributed by atoms with Crippen LogP contribution in [0.3, 0.4) is 0 Å². The van der Waals surface area contributed by atoms with E-state index in [1.165, 1.54) is 25.9 Å². The Bertz CT molecular complexity index is 265. The lowest BCUT2D eigenvalue weighted by Gasteiger charge is -2.36. The molecule has 3 N–H and O–H groups in total. The number of thioether (sulfide) groups is 1. The molecule has 0 aromatic carbocycles. The number of amidine groups is 1. The molecule has 92 valence electrons. The highest BCUT2D eigenvalue weighted by molar-refractivity contribution is 8.00. The lowest BCUT2D eigenvalue weighted by molar-refractivity contribution is 0.219. The molecule has 1 aliphatic heterocycles. The van der Waals surface area contributed by atoms with E-state index in [0.29, 0.717) is 11.3 Å². The van der Waals surface area contributed by atoms with Crippen LogP contribution in [0.15, 0.2) is 0 Å². The third-order valence-corrected chi connectivity index (χ3v) is 4.80. The molecule has 3 nitrogen and oxygen atoms in total. The van der Waals surface area contributed by atoms with Gasteiger partial charge in [0, 0.05) is 36.6 Å². The van der Waals surface area contributed by atoms with Gasteiger partial charge in [-0.05, 0) is 18.3 Å². The van der Waals surface area contributed by atoms with Crippen molar-refractivity contribution in [3.63, 3.8) is 0 Å². The molecule has 2 aliphatic rings. The van der Waals surface area contributed by atoms with E-state index in [9.17, 15) is 0 Å². The fourth-order valence-electron chi connectivity index (χ4n) is 2.86. The highest BCUT2D eigenvalue weighted by atomic mass is 32.2. The summed E-state index contributed by atoms with van der Waals surface area (Å²) < 4.78 is 0. The molecule has 0 bridgehead atoms. The second kappa shape index (κ2) is 4.57. The first-order valence-corrected chi connectivity index (χ1v) is 7.14. The van der Waals surface area contributed by atoms with Gasteiger partial charge in [0.15, 0.2) is 0 Å². The Morgan fingerprint density at radius 1 is 1.38 bits per heavy atom. The second-order valence-corrected chi connectivity index (χ2v) is 7.54. The van der Waals surface area contributed by atoms with Gasteiger partial charge >= 0.3 is 0 Å². The first kappa shape index (κ1) is 12.2. The van der Waals surface area contributed by atoms with Crippen molar-refractivity contribution in [2.24, 2.45) is 11.1 Å². The van der Waals surface area contributed by atoms with Crippen LogP contribution in [0.2, 0.25) is 0 Å². The molecule has 2 atom stereocenters. The minimum atomic E-state index is 0.366. The van der Waals surface area contributed by atoms with Gasteiger partial charge in [-0.1, -0.05) is 13.8 Å². The molecule has 0 amide bonds. The van der Waals surface area contributed by atoms with E-state index in [1.54, 1.807) is 0 Å². The summed E-state index contributed by atoms with van der Waals surface area (Å²) in [4.78, 5) is 2.59. The maximum atomic E-state index is 7.44. The van der Waals surface area contributed by atoms with Crippen LogP contribution < -0.4 is 5.73 Å². The molecular formula is C12H23N3S. The fourth-order valence-corrected chi connectivity index (χ4v) is 4.25. The number of nitrogens with two attached hydrogens (primary N) is 1. The van der Waals surface area contributed by atoms with Crippen molar-refractivity contribution >= 4 is 17.6 Å². The molecule has 1 aliphatic carbocycles. The molecule has 1 saturated carbocycles. The van der Waals surface area contributed by atoms with Crippen LogP contribution in [-0.4, -0.2) is 40.9 Å². The summed E-state index contributed by atoms with van der Waals surface area (Å²) in [6.45, 7) is 8.20. The van der Waals surface area contributed by atoms with Gasteiger partial charge < -0.3 is 10.6 Å². The Hall–Kier alpha value is -0.220. The smallest absolute Gasteiger partial charge is 0.0911 e. The first-order chi connectivity index (χ1) is 7.49. The van der Waals surface area contributed by atoms with Gasteiger partial charge in [0.25, 0.3) is 0 Å². The van der Waals surface area contributed by atoms with E-state index in [-0.39, 0.29) is 0 Å². The summed E-state index contributed by atoms with van der Waals surface area (Å²) in [6, 6.07) is 0. The third-order valence-electron chi connectivity index (χ3n) is 3.58. The number of nitrogens with one attached hydrogen (secondary N) is 1. The van der Waals surface area contributed by atoms with Crippen LogP contribution in [0.25, 0.3) is 0 Å². The Morgan fingerprint density at radius 2 is 1.94 bits per heavy atom. The van der Waals surface area contributed by atoms with Crippen molar-refractivity contribution in [1.29, 1.82) is 5.41 Å². The van der Waals surface area contributed by atoms with Gasteiger partial charge in [-0.25, -0.2) is 0 Å². The lowest BCUT2D eigenvalue weighted by Crippen LogP contribution is -2.43. The van der Waals surface area contributed by atoms with E-state index in [4.69, 9.17) is 11.1 Å². The number of rotatable bonds is 4. The average molecular weight is 241 g/mol. The molecule has 0 aromatic heterocycles. The highest BCUT2D eigenvalue weighted by Crippen LogP contribution is 2.49. The molecule has 4 heteroatoms. The molecular weight excluding hydrogens is 218 g/mol. The standard InChI is InChI=1S/C12H23N3S/c1-9-6-15(7-10(2)16-9)8-12(3-4-12)5-11(13)14/h9-10H,3-8H2,1-2H3,(H3,13,14). The van der Waals surface area contributed by atoms with Crippen LogP contribution in [0.1, 0.15) is 33.1 Å². The summed E-state index contributed by atoms with van der Waals surface area (Å²) in [6.07, 6.45) is 3.33. The largest absolute Gasteiger partial charge is 0.388 e. The normalized spacial score (nSPS) is 33.6. The summed E-state index contributed by atoms with van der Waals surface area (Å²) in [5.41, 5.74) is 5.91. The number of hydrogen-bond donors (Lipinski definition) is 2. The Balaban J connectivity index is 1.87. The fraction of sp³-hybridized carbons (Fsp3) is 0.917. The van der Waals surface area contributed by atoms with Gasteiger partial charge in [0.05, 0.1) is 5.84 Å². The summed E-state index contributed by atoms with van der Waals surface area (Å²) in [5.74, 6) is 0.366. The van der Waals surface area contributed by atoms with Crippen molar-refractivity contribution in [3.8, 4) is 0 Å². The van der Waals surface area contributed by atoms with Crippen molar-refractivity contribution in [2.75, 3.05) is 19.6 Å². The van der Waals surface area contributed by atoms with E-state index in [2.05, 4.69) is 30.5 Å². The summed E-state index contributed by atoms with van der Waals surface area (Å²) in [7, 11) is 0. The van der Waals surface area contributed by atoms with Gasteiger partial charge in [-0.15, -0.1) is 0 Å². The monoisotopic (exact) mass is 241 g/mol. The zero-order valence-corrected chi connectivity index (χ0v) is 11.1. The minimum Gasteiger partial charge on any atom is -0.388 e. The van der Waals surface area contributed by atoms with Gasteiger partial charge in [-0.2, -0.15) is 11.8 Å². The molecule has 2 unspecified atom stereocenters. The lowest BCUT2D eigenvalue weighted by atomic mass is 10.0. The Kier molecular flexibility index (Phi) is 3.50. The van der Waals surface area contributed by atoms with Crippen LogP contribution in [0.4, 0.5) is 0 Å². The highest BCUT2D eigenvalue weighted by Gasteiger charge is 2.44. The number of nitrogens with zero attached hydrogens (tertiary/aromatic N) is 1. The topological polar surface area (TPSA) is 53.1 Å². The predicted molar refractivity (Wildman–Crippen MR) is 71.2 cm³/mol. The van der Waals surface area contributed by atoms with Crippen molar-refractivity contribution < 1.29 is 0 Å². The predicted octanol–water partition coefficient (Wildman–Crippen LogP) is 1.92. The molecule has 0 radical (unpaired) electrons.